The van der Waals surface area contributed by atoms with Crippen LogP contribution in [0.3, 0.4) is 0 Å². The van der Waals surface area contributed by atoms with Crippen molar-refractivity contribution in [2.75, 3.05) is 12.8 Å². The molecule has 0 aliphatic rings. The minimum absolute atomic E-state index is 0.188. The summed E-state index contributed by atoms with van der Waals surface area (Å²) >= 11 is 0. The topological polar surface area (TPSA) is 70.1 Å². The Morgan fingerprint density at radius 3 is 2.93 bits per heavy atom. The number of methoxy groups -OCH3 is 1. The highest BCUT2D eigenvalue weighted by Gasteiger charge is 2.16. The number of anilines is 1. The molecule has 0 fully saturated rings. The Morgan fingerprint density at radius 1 is 1.79 bits per heavy atom. The normalized spacial score (nSPS) is 12.5. The summed E-state index contributed by atoms with van der Waals surface area (Å²) in [7, 11) is 1.31. The summed E-state index contributed by atoms with van der Waals surface area (Å²) in [6, 6.07) is 0.232. The van der Waals surface area contributed by atoms with Gasteiger partial charge in [0.2, 0.25) is 0 Å². The van der Waals surface area contributed by atoms with Crippen molar-refractivity contribution in [3.63, 3.8) is 0 Å². The molecule has 0 radical (unpaired) electrons. The van der Waals surface area contributed by atoms with Crippen molar-refractivity contribution in [3.05, 3.63) is 11.9 Å². The molecule has 0 aromatic carbocycles. The van der Waals surface area contributed by atoms with Crippen LogP contribution in [0.2, 0.25) is 0 Å². The number of rotatable bonds is 3. The molecule has 0 bridgehead atoms. The van der Waals surface area contributed by atoms with Crippen LogP contribution in [0.5, 0.6) is 0 Å². The second kappa shape index (κ2) is 4.13. The molecule has 0 spiro atoms. The third-order valence-corrected chi connectivity index (χ3v) is 2.18. The molecule has 1 aromatic rings. The number of carbonyl (C=O) groups excluding carboxylic acids is 1. The Morgan fingerprint density at radius 2 is 2.43 bits per heavy atom. The van der Waals surface area contributed by atoms with E-state index in [-0.39, 0.29) is 11.7 Å². The first-order chi connectivity index (χ1) is 6.60. The van der Waals surface area contributed by atoms with Crippen molar-refractivity contribution < 1.29 is 9.53 Å². The van der Waals surface area contributed by atoms with Crippen molar-refractivity contribution in [1.82, 2.24) is 9.78 Å². The summed E-state index contributed by atoms with van der Waals surface area (Å²) in [4.78, 5) is 11.2. The first-order valence-corrected chi connectivity index (χ1v) is 4.53. The van der Waals surface area contributed by atoms with Gasteiger partial charge in [-0.05, 0) is 13.3 Å². The van der Waals surface area contributed by atoms with Crippen molar-refractivity contribution in [2.45, 2.75) is 26.3 Å². The van der Waals surface area contributed by atoms with Crippen molar-refractivity contribution in [2.24, 2.45) is 0 Å². The van der Waals surface area contributed by atoms with E-state index < -0.39 is 5.97 Å². The molecule has 0 saturated carbocycles. The predicted octanol–water partition coefficient (Wildman–Crippen LogP) is 1.22. The van der Waals surface area contributed by atoms with E-state index in [1.807, 2.05) is 13.8 Å². The van der Waals surface area contributed by atoms with E-state index in [1.165, 1.54) is 7.11 Å². The average molecular weight is 197 g/mol. The maximum atomic E-state index is 11.2. The minimum atomic E-state index is -0.496. The molecule has 1 rings (SSSR count). The molecule has 5 heteroatoms. The van der Waals surface area contributed by atoms with Gasteiger partial charge >= 0.3 is 5.97 Å². The molecule has 0 amide bonds. The van der Waals surface area contributed by atoms with Gasteiger partial charge in [0, 0.05) is 12.2 Å². The first kappa shape index (κ1) is 10.6. The van der Waals surface area contributed by atoms with E-state index in [1.54, 1.807) is 10.9 Å². The van der Waals surface area contributed by atoms with Crippen LogP contribution < -0.4 is 5.73 Å². The number of nitrogens with zero attached hydrogens (tertiary/aromatic N) is 2. The summed E-state index contributed by atoms with van der Waals surface area (Å²) in [5.74, 6) is -0.496. The Labute approximate surface area is 82.8 Å². The van der Waals surface area contributed by atoms with E-state index >= 15 is 0 Å². The summed E-state index contributed by atoms with van der Waals surface area (Å²) in [5, 5.41) is 4.07. The highest BCUT2D eigenvalue weighted by Crippen LogP contribution is 2.15. The van der Waals surface area contributed by atoms with Gasteiger partial charge in [-0.2, -0.15) is 5.10 Å². The van der Waals surface area contributed by atoms with Crippen LogP contribution >= 0.6 is 0 Å². The quantitative estimate of drug-likeness (QED) is 0.740. The molecule has 0 aliphatic carbocycles. The van der Waals surface area contributed by atoms with Gasteiger partial charge in [-0.15, -0.1) is 0 Å². The van der Waals surface area contributed by atoms with Gasteiger partial charge in [0.25, 0.3) is 0 Å². The van der Waals surface area contributed by atoms with Crippen LogP contribution in [0.4, 0.5) is 5.69 Å². The molecule has 1 aromatic heterocycles. The lowest BCUT2D eigenvalue weighted by Crippen LogP contribution is -2.08. The Kier molecular flexibility index (Phi) is 3.11. The summed E-state index contributed by atoms with van der Waals surface area (Å²) < 4.78 is 6.23. The van der Waals surface area contributed by atoms with E-state index in [0.717, 1.165) is 6.42 Å². The molecule has 0 saturated heterocycles. The van der Waals surface area contributed by atoms with Gasteiger partial charge in [-0.1, -0.05) is 6.92 Å². The monoisotopic (exact) mass is 197 g/mol. The summed E-state index contributed by atoms with van der Waals surface area (Å²) in [5.41, 5.74) is 6.17. The number of aromatic nitrogens is 2. The minimum Gasteiger partial charge on any atom is -0.464 e. The standard InChI is InChI=1S/C9H15N3O2/c1-4-6(2)12-5-7(10)8(11-12)9(13)14-3/h5-6H,4,10H2,1-3H3. The fourth-order valence-corrected chi connectivity index (χ4v) is 1.07. The molecular weight excluding hydrogens is 182 g/mol. The molecule has 2 N–H and O–H groups in total. The number of esters is 1. The van der Waals surface area contributed by atoms with E-state index in [0.29, 0.717) is 5.69 Å². The molecular formula is C9H15N3O2. The lowest BCUT2D eigenvalue weighted by Gasteiger charge is -2.07. The van der Waals surface area contributed by atoms with E-state index in [9.17, 15) is 4.79 Å². The van der Waals surface area contributed by atoms with Crippen molar-refractivity contribution in [3.8, 4) is 0 Å². The zero-order valence-electron chi connectivity index (χ0n) is 8.65. The number of nitrogen functional groups attached to an aromatic ring is 1. The second-order valence-electron chi connectivity index (χ2n) is 3.16. The SMILES string of the molecule is CCC(C)n1cc(N)c(C(=O)OC)n1. The molecule has 14 heavy (non-hydrogen) atoms. The highest BCUT2D eigenvalue weighted by molar-refractivity contribution is 5.92. The Bertz CT molecular complexity index is 333. The third kappa shape index (κ3) is 1.86. The van der Waals surface area contributed by atoms with Gasteiger partial charge in [-0.3, -0.25) is 4.68 Å². The number of hydrogen-bond acceptors (Lipinski definition) is 4. The largest absolute Gasteiger partial charge is 0.464 e. The van der Waals surface area contributed by atoms with Crippen molar-refractivity contribution >= 4 is 11.7 Å². The smallest absolute Gasteiger partial charge is 0.360 e. The Hall–Kier alpha value is -1.52. The van der Waals surface area contributed by atoms with E-state index in [4.69, 9.17) is 5.73 Å². The predicted molar refractivity (Wildman–Crippen MR) is 53.0 cm³/mol. The van der Waals surface area contributed by atoms with Gasteiger partial charge in [0.15, 0.2) is 5.69 Å². The van der Waals surface area contributed by atoms with E-state index in [2.05, 4.69) is 9.84 Å². The zero-order valence-corrected chi connectivity index (χ0v) is 8.65. The van der Waals surface area contributed by atoms with Crippen LogP contribution in [0, 0.1) is 0 Å². The van der Waals surface area contributed by atoms with Gasteiger partial charge in [0.05, 0.1) is 12.8 Å². The highest BCUT2D eigenvalue weighted by atomic mass is 16.5. The molecule has 1 unspecified atom stereocenters. The van der Waals surface area contributed by atoms with Crippen LogP contribution in [0.15, 0.2) is 6.20 Å². The van der Waals surface area contributed by atoms with Crippen LogP contribution in [-0.2, 0) is 4.74 Å². The average Bonchev–Trinajstić information content (AvgIpc) is 2.58. The third-order valence-electron chi connectivity index (χ3n) is 2.18. The van der Waals surface area contributed by atoms with Gasteiger partial charge in [-0.25, -0.2) is 4.79 Å². The fraction of sp³-hybridized carbons (Fsp3) is 0.556. The lowest BCUT2D eigenvalue weighted by atomic mass is 10.3. The number of hydrogen-bond donors (Lipinski definition) is 1. The molecule has 78 valence electrons. The molecule has 5 nitrogen and oxygen atoms in total. The molecule has 0 aliphatic heterocycles. The van der Waals surface area contributed by atoms with Crippen LogP contribution in [-0.4, -0.2) is 22.9 Å². The molecule has 1 atom stereocenters. The number of carbonyl (C=O) groups is 1. The maximum absolute atomic E-state index is 11.2. The summed E-state index contributed by atoms with van der Waals surface area (Å²) in [6.45, 7) is 4.05. The summed E-state index contributed by atoms with van der Waals surface area (Å²) in [6.07, 6.45) is 2.59. The van der Waals surface area contributed by atoms with Gasteiger partial charge in [0.1, 0.15) is 0 Å². The zero-order chi connectivity index (χ0) is 10.7. The van der Waals surface area contributed by atoms with Crippen LogP contribution in [0.1, 0.15) is 36.8 Å². The fourth-order valence-electron chi connectivity index (χ4n) is 1.07. The number of nitrogens with two attached hydrogens (primary N) is 1. The first-order valence-electron chi connectivity index (χ1n) is 4.53. The van der Waals surface area contributed by atoms with Crippen LogP contribution in [0.25, 0.3) is 0 Å². The maximum Gasteiger partial charge on any atom is 0.360 e. The second-order valence-corrected chi connectivity index (χ2v) is 3.16. The molecule has 1 heterocycles. The Balaban J connectivity index is 2.98. The lowest BCUT2D eigenvalue weighted by molar-refractivity contribution is 0.0594. The number of ether oxygens (including phenoxy) is 1. The van der Waals surface area contributed by atoms with Crippen molar-refractivity contribution in [1.29, 1.82) is 0 Å². The van der Waals surface area contributed by atoms with Gasteiger partial charge < -0.3 is 10.5 Å².